The van der Waals surface area contributed by atoms with Crippen LogP contribution >= 0.6 is 11.8 Å². The van der Waals surface area contributed by atoms with Crippen molar-refractivity contribution in [2.24, 2.45) is 5.92 Å². The number of carbonyl (C=O) groups excluding carboxylic acids is 1. The third-order valence-electron chi connectivity index (χ3n) is 2.71. The first-order valence-electron chi connectivity index (χ1n) is 6.07. The maximum absolute atomic E-state index is 11.5. The second kappa shape index (κ2) is 7.15. The van der Waals surface area contributed by atoms with Gasteiger partial charge in [-0.25, -0.2) is 0 Å². The Balaban J connectivity index is 2.05. The normalized spacial score (nSPS) is 18.1. The van der Waals surface area contributed by atoms with E-state index in [1.54, 1.807) is 0 Å². The fourth-order valence-corrected chi connectivity index (χ4v) is 2.95. The standard InChI is InChI=1S/C12H23NOS/c1-10(2)8-13-12(14)9-15-11-6-4-3-5-7-11/h10-11H,3-9H2,1-2H3,(H,13,14). The van der Waals surface area contributed by atoms with Gasteiger partial charge in [0.15, 0.2) is 0 Å². The molecule has 0 radical (unpaired) electrons. The molecule has 1 aliphatic rings. The van der Waals surface area contributed by atoms with Crippen molar-refractivity contribution in [1.82, 2.24) is 5.32 Å². The molecule has 88 valence electrons. The van der Waals surface area contributed by atoms with Gasteiger partial charge in [-0.15, -0.1) is 11.8 Å². The topological polar surface area (TPSA) is 29.1 Å². The van der Waals surface area contributed by atoms with E-state index in [0.717, 1.165) is 11.8 Å². The molecule has 0 saturated heterocycles. The molecule has 15 heavy (non-hydrogen) atoms. The Morgan fingerprint density at radius 1 is 1.33 bits per heavy atom. The van der Waals surface area contributed by atoms with Crippen molar-refractivity contribution in [3.63, 3.8) is 0 Å². The quantitative estimate of drug-likeness (QED) is 0.785. The number of amides is 1. The second-order valence-corrected chi connectivity index (χ2v) is 6.06. The van der Waals surface area contributed by atoms with Crippen LogP contribution in [0.2, 0.25) is 0 Å². The zero-order valence-electron chi connectivity index (χ0n) is 9.92. The summed E-state index contributed by atoms with van der Waals surface area (Å²) in [6.45, 7) is 5.05. The van der Waals surface area contributed by atoms with Gasteiger partial charge in [-0.05, 0) is 18.8 Å². The Morgan fingerprint density at radius 2 is 2.00 bits per heavy atom. The Hall–Kier alpha value is -0.180. The maximum Gasteiger partial charge on any atom is 0.230 e. The molecule has 3 heteroatoms. The van der Waals surface area contributed by atoms with E-state index in [1.165, 1.54) is 32.1 Å². The van der Waals surface area contributed by atoms with E-state index >= 15 is 0 Å². The Bertz CT molecular complexity index is 188. The van der Waals surface area contributed by atoms with Crippen molar-refractivity contribution in [3.05, 3.63) is 0 Å². The minimum absolute atomic E-state index is 0.208. The lowest BCUT2D eigenvalue weighted by Gasteiger charge is -2.20. The average Bonchev–Trinajstić information content (AvgIpc) is 2.25. The van der Waals surface area contributed by atoms with Crippen molar-refractivity contribution in [2.45, 2.75) is 51.2 Å². The summed E-state index contributed by atoms with van der Waals surface area (Å²) in [5.41, 5.74) is 0. The van der Waals surface area contributed by atoms with E-state index < -0.39 is 0 Å². The summed E-state index contributed by atoms with van der Waals surface area (Å²) >= 11 is 1.85. The second-order valence-electron chi connectivity index (χ2n) is 4.77. The molecule has 1 saturated carbocycles. The zero-order valence-corrected chi connectivity index (χ0v) is 10.7. The van der Waals surface area contributed by atoms with E-state index in [9.17, 15) is 4.79 Å². The largest absolute Gasteiger partial charge is 0.355 e. The Morgan fingerprint density at radius 3 is 2.60 bits per heavy atom. The maximum atomic E-state index is 11.5. The van der Waals surface area contributed by atoms with Crippen LogP contribution in [0.4, 0.5) is 0 Å². The van der Waals surface area contributed by atoms with Crippen LogP contribution in [0.3, 0.4) is 0 Å². The van der Waals surface area contributed by atoms with Crippen molar-refractivity contribution in [1.29, 1.82) is 0 Å². The van der Waals surface area contributed by atoms with Gasteiger partial charge in [0.2, 0.25) is 5.91 Å². The third-order valence-corrected chi connectivity index (χ3v) is 4.08. The van der Waals surface area contributed by atoms with Crippen LogP contribution < -0.4 is 5.32 Å². The summed E-state index contributed by atoms with van der Waals surface area (Å²) in [4.78, 5) is 11.5. The fraction of sp³-hybridized carbons (Fsp3) is 0.917. The van der Waals surface area contributed by atoms with E-state index in [2.05, 4.69) is 19.2 Å². The molecule has 0 atom stereocenters. The van der Waals surface area contributed by atoms with Gasteiger partial charge < -0.3 is 5.32 Å². The molecule has 0 aromatic heterocycles. The molecule has 2 nitrogen and oxygen atoms in total. The van der Waals surface area contributed by atoms with E-state index in [-0.39, 0.29) is 5.91 Å². The van der Waals surface area contributed by atoms with Gasteiger partial charge in [0, 0.05) is 11.8 Å². The molecule has 1 amide bonds. The molecule has 0 aromatic rings. The molecular formula is C12H23NOS. The molecular weight excluding hydrogens is 206 g/mol. The highest BCUT2D eigenvalue weighted by Gasteiger charge is 2.15. The van der Waals surface area contributed by atoms with Crippen LogP contribution in [0.1, 0.15) is 46.0 Å². The highest BCUT2D eigenvalue weighted by molar-refractivity contribution is 8.00. The molecule has 0 aliphatic heterocycles. The Kier molecular flexibility index (Phi) is 6.15. The van der Waals surface area contributed by atoms with Gasteiger partial charge in [-0.1, -0.05) is 33.1 Å². The minimum Gasteiger partial charge on any atom is -0.355 e. The van der Waals surface area contributed by atoms with Gasteiger partial charge in [0.05, 0.1) is 5.75 Å². The van der Waals surface area contributed by atoms with Gasteiger partial charge >= 0.3 is 0 Å². The summed E-state index contributed by atoms with van der Waals surface area (Å²) in [5.74, 6) is 1.41. The van der Waals surface area contributed by atoms with Crippen molar-refractivity contribution >= 4 is 17.7 Å². The van der Waals surface area contributed by atoms with Crippen molar-refractivity contribution in [2.75, 3.05) is 12.3 Å². The fourth-order valence-electron chi connectivity index (χ4n) is 1.79. The zero-order chi connectivity index (χ0) is 11.1. The van der Waals surface area contributed by atoms with Crippen molar-refractivity contribution < 1.29 is 4.79 Å². The summed E-state index contributed by atoms with van der Waals surface area (Å²) in [5, 5.41) is 3.70. The number of hydrogen-bond acceptors (Lipinski definition) is 2. The number of hydrogen-bond donors (Lipinski definition) is 1. The molecule has 1 N–H and O–H groups in total. The number of nitrogens with one attached hydrogen (secondary N) is 1. The summed E-state index contributed by atoms with van der Waals surface area (Å²) in [6, 6.07) is 0. The third kappa shape index (κ3) is 6.08. The van der Waals surface area contributed by atoms with E-state index in [4.69, 9.17) is 0 Å². The number of rotatable bonds is 5. The molecule has 1 rings (SSSR count). The van der Waals surface area contributed by atoms with E-state index in [1.807, 2.05) is 11.8 Å². The molecule has 1 fully saturated rings. The van der Waals surface area contributed by atoms with E-state index in [0.29, 0.717) is 11.7 Å². The summed E-state index contributed by atoms with van der Waals surface area (Å²) < 4.78 is 0. The first-order chi connectivity index (χ1) is 7.18. The van der Waals surface area contributed by atoms with Crippen LogP contribution in [-0.4, -0.2) is 23.5 Å². The number of carbonyl (C=O) groups is 1. The molecule has 1 aliphatic carbocycles. The summed E-state index contributed by atoms with van der Waals surface area (Å²) in [6.07, 6.45) is 6.71. The first kappa shape index (κ1) is 12.9. The van der Waals surface area contributed by atoms with Crippen LogP contribution in [-0.2, 0) is 4.79 Å². The molecule has 0 spiro atoms. The molecule has 0 unspecified atom stereocenters. The first-order valence-corrected chi connectivity index (χ1v) is 7.11. The highest BCUT2D eigenvalue weighted by Crippen LogP contribution is 2.27. The lowest BCUT2D eigenvalue weighted by Crippen LogP contribution is -2.29. The number of thioether (sulfide) groups is 1. The van der Waals surface area contributed by atoms with Crippen molar-refractivity contribution in [3.8, 4) is 0 Å². The predicted octanol–water partition coefficient (Wildman–Crippen LogP) is 2.82. The lowest BCUT2D eigenvalue weighted by molar-refractivity contribution is -0.118. The van der Waals surface area contributed by atoms with Crippen LogP contribution in [0.5, 0.6) is 0 Å². The monoisotopic (exact) mass is 229 g/mol. The van der Waals surface area contributed by atoms with Crippen LogP contribution in [0.15, 0.2) is 0 Å². The van der Waals surface area contributed by atoms with Gasteiger partial charge in [0.25, 0.3) is 0 Å². The molecule has 0 bridgehead atoms. The average molecular weight is 229 g/mol. The smallest absolute Gasteiger partial charge is 0.230 e. The minimum atomic E-state index is 0.208. The highest BCUT2D eigenvalue weighted by atomic mass is 32.2. The summed E-state index contributed by atoms with van der Waals surface area (Å²) in [7, 11) is 0. The molecule has 0 aromatic carbocycles. The van der Waals surface area contributed by atoms with Crippen LogP contribution in [0.25, 0.3) is 0 Å². The van der Waals surface area contributed by atoms with Gasteiger partial charge in [0.1, 0.15) is 0 Å². The SMILES string of the molecule is CC(C)CNC(=O)CSC1CCCCC1. The lowest BCUT2D eigenvalue weighted by atomic mass is 10.0. The van der Waals surface area contributed by atoms with Crippen LogP contribution in [0, 0.1) is 5.92 Å². The Labute approximate surface area is 97.6 Å². The van der Waals surface area contributed by atoms with Gasteiger partial charge in [-0.3, -0.25) is 4.79 Å². The van der Waals surface area contributed by atoms with Gasteiger partial charge in [-0.2, -0.15) is 0 Å². The predicted molar refractivity (Wildman–Crippen MR) is 67.2 cm³/mol. The molecule has 0 heterocycles.